The Morgan fingerprint density at radius 3 is 1.93 bits per heavy atom. The molecule has 0 radical (unpaired) electrons. The van der Waals surface area contributed by atoms with Gasteiger partial charge in [-0.25, -0.2) is 28.0 Å². The van der Waals surface area contributed by atoms with E-state index in [0.29, 0.717) is 6.61 Å². The minimum absolute atomic E-state index is 0. The Morgan fingerprint density at radius 1 is 0.857 bits per heavy atom. The molecule has 0 aromatic heterocycles. The predicted molar refractivity (Wildman–Crippen MR) is 104 cm³/mol. The fraction of sp³-hybridized carbons (Fsp3) is 0.895. The van der Waals surface area contributed by atoms with E-state index in [1.54, 1.807) is 0 Å². The van der Waals surface area contributed by atoms with E-state index in [4.69, 9.17) is 9.78 Å². The summed E-state index contributed by atoms with van der Waals surface area (Å²) >= 11 is 0. The van der Waals surface area contributed by atoms with Crippen LogP contribution in [0, 0.1) is 0 Å². The van der Waals surface area contributed by atoms with Crippen molar-refractivity contribution in [1.29, 1.82) is 0 Å². The number of rotatable bonds is 21. The number of unbranched alkanes of at least 4 members (excludes halogenated alkanes) is 9. The first-order valence-corrected chi connectivity index (χ1v) is 11.5. The van der Waals surface area contributed by atoms with Gasteiger partial charge in [-0.05, 0) is 12.8 Å². The molecule has 0 N–H and O–H groups in total. The second kappa shape index (κ2) is 22.2. The van der Waals surface area contributed by atoms with Gasteiger partial charge in [-0.1, -0.05) is 70.8 Å². The maximum atomic E-state index is 11.2. The van der Waals surface area contributed by atoms with Crippen LogP contribution in [0.1, 0.15) is 77.6 Å². The standard InChI is InChI=1S/C19H38O7S.Na/c1-3-5-6-7-8-9-10-11-12-13-16-24-25-17-14-19(27(20,21)22)18-26-23-15-4-2;/h4,19H,2-3,5-18H2,1H3,(H,20,21,22);/q;+1/p-1. The second-order valence-electron chi connectivity index (χ2n) is 6.59. The first-order chi connectivity index (χ1) is 13.0. The second-order valence-corrected chi connectivity index (χ2v) is 8.24. The quantitative estimate of drug-likeness (QED) is 0.0674. The maximum Gasteiger partial charge on any atom is 1.00 e. The SMILES string of the molecule is C=CCOOCC(CCOOCCCCCCCCCCCC)S(=O)(=O)[O-].[Na+]. The zero-order valence-electron chi connectivity index (χ0n) is 17.7. The third-order valence-electron chi connectivity index (χ3n) is 4.12. The van der Waals surface area contributed by atoms with E-state index in [-0.39, 0.29) is 55.8 Å². The van der Waals surface area contributed by atoms with Crippen molar-refractivity contribution in [2.24, 2.45) is 0 Å². The molecule has 162 valence electrons. The van der Waals surface area contributed by atoms with Crippen molar-refractivity contribution in [3.63, 3.8) is 0 Å². The normalized spacial score (nSPS) is 12.5. The van der Waals surface area contributed by atoms with Crippen LogP contribution in [0.25, 0.3) is 0 Å². The first-order valence-electron chi connectivity index (χ1n) is 10.1. The molecule has 0 aliphatic carbocycles. The van der Waals surface area contributed by atoms with E-state index in [2.05, 4.69) is 23.3 Å². The first kappa shape index (κ1) is 30.7. The van der Waals surface area contributed by atoms with Crippen LogP contribution in [0.5, 0.6) is 0 Å². The van der Waals surface area contributed by atoms with E-state index in [1.165, 1.54) is 57.4 Å². The van der Waals surface area contributed by atoms with Gasteiger partial charge in [0, 0.05) is 0 Å². The number of hydrogen-bond donors (Lipinski definition) is 0. The molecule has 28 heavy (non-hydrogen) atoms. The van der Waals surface area contributed by atoms with Crippen LogP contribution in [0.15, 0.2) is 12.7 Å². The van der Waals surface area contributed by atoms with E-state index >= 15 is 0 Å². The van der Waals surface area contributed by atoms with Crippen molar-refractivity contribution in [1.82, 2.24) is 0 Å². The van der Waals surface area contributed by atoms with Crippen LogP contribution in [0.4, 0.5) is 0 Å². The van der Waals surface area contributed by atoms with Crippen molar-refractivity contribution >= 4 is 10.1 Å². The summed E-state index contributed by atoms with van der Waals surface area (Å²) in [4.78, 5) is 19.3. The van der Waals surface area contributed by atoms with Crippen LogP contribution in [0.2, 0.25) is 0 Å². The molecule has 0 bridgehead atoms. The molecule has 0 saturated carbocycles. The largest absolute Gasteiger partial charge is 1.00 e. The minimum Gasteiger partial charge on any atom is -0.748 e. The smallest absolute Gasteiger partial charge is 0.748 e. The van der Waals surface area contributed by atoms with Crippen LogP contribution >= 0.6 is 0 Å². The van der Waals surface area contributed by atoms with Gasteiger partial charge in [-0.15, -0.1) is 6.58 Å². The molecular weight excluding hydrogens is 395 g/mol. The average molecular weight is 433 g/mol. The topological polar surface area (TPSA) is 94.1 Å². The number of hydrogen-bond acceptors (Lipinski definition) is 7. The van der Waals surface area contributed by atoms with E-state index < -0.39 is 15.4 Å². The molecule has 0 amide bonds. The Morgan fingerprint density at radius 2 is 1.39 bits per heavy atom. The van der Waals surface area contributed by atoms with Gasteiger partial charge in [-0.2, -0.15) is 0 Å². The minimum atomic E-state index is -4.49. The summed E-state index contributed by atoms with van der Waals surface area (Å²) in [5.74, 6) is 0. The third kappa shape index (κ3) is 21.2. The summed E-state index contributed by atoms with van der Waals surface area (Å²) in [5, 5.41) is -1.23. The van der Waals surface area contributed by atoms with Crippen LogP contribution < -0.4 is 29.6 Å². The fourth-order valence-electron chi connectivity index (χ4n) is 2.48. The van der Waals surface area contributed by atoms with Gasteiger partial charge in [0.1, 0.15) is 6.61 Å². The van der Waals surface area contributed by atoms with Gasteiger partial charge < -0.3 is 4.55 Å². The molecule has 0 aromatic carbocycles. The van der Waals surface area contributed by atoms with E-state index in [9.17, 15) is 13.0 Å². The fourth-order valence-corrected chi connectivity index (χ4v) is 3.08. The van der Waals surface area contributed by atoms with Gasteiger partial charge in [-0.3, -0.25) is 0 Å². The molecule has 0 fully saturated rings. The molecule has 0 aliphatic heterocycles. The monoisotopic (exact) mass is 432 g/mol. The van der Waals surface area contributed by atoms with Crippen molar-refractivity contribution in [3.05, 3.63) is 12.7 Å². The Balaban J connectivity index is 0. The van der Waals surface area contributed by atoms with Crippen molar-refractivity contribution in [3.8, 4) is 0 Å². The maximum absolute atomic E-state index is 11.2. The van der Waals surface area contributed by atoms with Crippen molar-refractivity contribution < 1.29 is 62.1 Å². The Labute approximate surface area is 193 Å². The van der Waals surface area contributed by atoms with Crippen molar-refractivity contribution in [2.75, 3.05) is 26.4 Å². The van der Waals surface area contributed by atoms with E-state index in [1.807, 2.05) is 0 Å². The molecule has 0 heterocycles. The Hall–Kier alpha value is 0.490. The molecule has 0 spiro atoms. The summed E-state index contributed by atoms with van der Waals surface area (Å²) < 4.78 is 33.5. The molecule has 9 heteroatoms. The summed E-state index contributed by atoms with van der Waals surface area (Å²) in [7, 11) is -4.49. The summed E-state index contributed by atoms with van der Waals surface area (Å²) in [5.41, 5.74) is 0. The summed E-state index contributed by atoms with van der Waals surface area (Å²) in [6.07, 6.45) is 13.8. The molecule has 0 rings (SSSR count). The predicted octanol–water partition coefficient (Wildman–Crippen LogP) is 1.30. The van der Waals surface area contributed by atoms with Gasteiger partial charge >= 0.3 is 29.6 Å². The zero-order valence-corrected chi connectivity index (χ0v) is 20.6. The molecule has 0 aromatic rings. The molecule has 0 saturated heterocycles. The van der Waals surface area contributed by atoms with Crippen LogP contribution in [0.3, 0.4) is 0 Å². The molecule has 0 aliphatic rings. The van der Waals surface area contributed by atoms with Gasteiger partial charge in [0.15, 0.2) is 0 Å². The van der Waals surface area contributed by atoms with Gasteiger partial charge in [0.05, 0.1) is 35.2 Å². The molecule has 1 unspecified atom stereocenters. The zero-order chi connectivity index (χ0) is 20.2. The summed E-state index contributed by atoms with van der Waals surface area (Å²) in [6.45, 7) is 5.89. The Kier molecular flexibility index (Phi) is 24.3. The molecule has 7 nitrogen and oxygen atoms in total. The van der Waals surface area contributed by atoms with Crippen LogP contribution in [-0.2, 0) is 29.7 Å². The van der Waals surface area contributed by atoms with Crippen LogP contribution in [-0.4, -0.2) is 44.6 Å². The van der Waals surface area contributed by atoms with Crippen molar-refractivity contribution in [2.45, 2.75) is 82.8 Å². The molecular formula is C19H37NaO7S. The van der Waals surface area contributed by atoms with E-state index in [0.717, 1.165) is 12.8 Å². The molecule has 1 atom stereocenters. The third-order valence-corrected chi connectivity index (χ3v) is 5.31. The average Bonchev–Trinajstić information content (AvgIpc) is 2.62. The van der Waals surface area contributed by atoms with Gasteiger partial charge in [0.2, 0.25) is 0 Å². The Bertz CT molecular complexity index is 432. The van der Waals surface area contributed by atoms with Gasteiger partial charge in [0.25, 0.3) is 0 Å². The summed E-state index contributed by atoms with van der Waals surface area (Å²) in [6, 6.07) is 0.